The first-order chi connectivity index (χ1) is 16.6. The van der Waals surface area contributed by atoms with Gasteiger partial charge in [0.1, 0.15) is 30.6 Å². The van der Waals surface area contributed by atoms with Crippen molar-refractivity contribution in [1.82, 2.24) is 24.7 Å². The molecule has 0 radical (unpaired) electrons. The number of ether oxygens (including phenoxy) is 2. The summed E-state index contributed by atoms with van der Waals surface area (Å²) in [7, 11) is -4.01. The van der Waals surface area contributed by atoms with E-state index in [9.17, 15) is 18.1 Å². The number of carbonyl (C=O) groups excluding carboxylic acids is 1. The first-order valence-corrected chi connectivity index (χ1v) is 12.5. The van der Waals surface area contributed by atoms with Crippen LogP contribution in [0.25, 0.3) is 5.65 Å². The molecule has 0 aliphatic rings. The van der Waals surface area contributed by atoms with Crippen LogP contribution in [0.15, 0.2) is 42.9 Å². The molecule has 3 atom stereocenters. The molecule has 0 amide bonds. The molecule has 0 saturated heterocycles. The van der Waals surface area contributed by atoms with Crippen LogP contribution in [-0.4, -0.2) is 56.6 Å². The van der Waals surface area contributed by atoms with Gasteiger partial charge in [0.05, 0.1) is 12.3 Å². The second-order valence-corrected chi connectivity index (χ2v) is 9.97. The standard InChI is InChI=1S/C21H27F2N6O5P/c1-13(2)33-20(30)14(3)28-35(31,34-16-7-5-4-6-8-16)12-32-17(18(22)23)9-15-10-27-29-19(15)25-11-26-21(29)24/h4-8,10-11,13-14,17-18H,9,12H2,1-3H3,(H,28,31)(H2,24,25,26)/t14-,17+,35+/m0/s1. The number of nitrogens with two attached hydrogens (primary N) is 1. The Bertz CT molecular complexity index is 1180. The van der Waals surface area contributed by atoms with E-state index in [2.05, 4.69) is 20.2 Å². The summed E-state index contributed by atoms with van der Waals surface area (Å²) in [4.78, 5) is 20.1. The second kappa shape index (κ2) is 11.5. The maximum Gasteiger partial charge on any atom is 0.342 e. The molecular formula is C21H27F2N6O5P. The average Bonchev–Trinajstić information content (AvgIpc) is 3.20. The summed E-state index contributed by atoms with van der Waals surface area (Å²) in [6.07, 6.45) is -3.52. The Morgan fingerprint density at radius 2 is 1.91 bits per heavy atom. The lowest BCUT2D eigenvalue weighted by Gasteiger charge is -2.26. The molecule has 35 heavy (non-hydrogen) atoms. The van der Waals surface area contributed by atoms with Crippen LogP contribution < -0.4 is 15.3 Å². The molecule has 190 valence electrons. The van der Waals surface area contributed by atoms with Crippen molar-refractivity contribution in [2.75, 3.05) is 12.1 Å². The lowest BCUT2D eigenvalue weighted by Crippen LogP contribution is -2.37. The third-order valence-corrected chi connectivity index (χ3v) is 6.43. The molecule has 3 rings (SSSR count). The number of fused-ring (bicyclic) bond motifs is 1. The highest BCUT2D eigenvalue weighted by Crippen LogP contribution is 2.44. The van der Waals surface area contributed by atoms with Gasteiger partial charge in [-0.2, -0.15) is 9.61 Å². The molecule has 0 unspecified atom stereocenters. The van der Waals surface area contributed by atoms with Crippen molar-refractivity contribution in [3.8, 4) is 5.75 Å². The van der Waals surface area contributed by atoms with Gasteiger partial charge in [-0.1, -0.05) is 18.2 Å². The Labute approximate surface area is 200 Å². The Hall–Kier alpha value is -3.15. The summed E-state index contributed by atoms with van der Waals surface area (Å²) >= 11 is 0. The largest absolute Gasteiger partial charge is 0.462 e. The van der Waals surface area contributed by atoms with Crippen molar-refractivity contribution in [3.63, 3.8) is 0 Å². The van der Waals surface area contributed by atoms with Crippen LogP contribution in [-0.2, 0) is 25.3 Å². The van der Waals surface area contributed by atoms with E-state index >= 15 is 0 Å². The molecule has 0 aliphatic carbocycles. The van der Waals surface area contributed by atoms with Crippen molar-refractivity contribution < 1.29 is 32.1 Å². The number of nitrogens with one attached hydrogen (secondary N) is 1. The number of nitrogens with zero attached hydrogens (tertiary/aromatic N) is 4. The van der Waals surface area contributed by atoms with E-state index in [1.54, 1.807) is 44.2 Å². The highest BCUT2D eigenvalue weighted by molar-refractivity contribution is 7.57. The molecule has 0 spiro atoms. The van der Waals surface area contributed by atoms with Gasteiger partial charge in [-0.15, -0.1) is 0 Å². The first-order valence-electron chi connectivity index (χ1n) is 10.7. The molecular weight excluding hydrogens is 485 g/mol. The van der Waals surface area contributed by atoms with Crippen LogP contribution in [0.1, 0.15) is 26.3 Å². The Morgan fingerprint density at radius 1 is 1.20 bits per heavy atom. The molecule has 0 fully saturated rings. The summed E-state index contributed by atoms with van der Waals surface area (Å²) in [5.41, 5.74) is 6.31. The molecule has 0 bridgehead atoms. The minimum atomic E-state index is -4.01. The molecule has 14 heteroatoms. The predicted octanol–water partition coefficient (Wildman–Crippen LogP) is 3.06. The fourth-order valence-corrected chi connectivity index (χ4v) is 4.80. The molecule has 0 saturated carbocycles. The van der Waals surface area contributed by atoms with Gasteiger partial charge in [0, 0.05) is 12.0 Å². The van der Waals surface area contributed by atoms with E-state index in [-0.39, 0.29) is 23.8 Å². The number of rotatable bonds is 12. The van der Waals surface area contributed by atoms with Crippen molar-refractivity contribution in [2.45, 2.75) is 51.9 Å². The normalized spacial score (nSPS) is 15.2. The van der Waals surface area contributed by atoms with Crippen LogP contribution in [0.5, 0.6) is 5.75 Å². The minimum absolute atomic E-state index is 0.0444. The quantitative estimate of drug-likeness (QED) is 0.275. The monoisotopic (exact) mass is 512 g/mol. The number of halogens is 2. The first kappa shape index (κ1) is 26.5. The molecule has 3 N–H and O–H groups in total. The van der Waals surface area contributed by atoms with E-state index in [4.69, 9.17) is 19.7 Å². The zero-order chi connectivity index (χ0) is 25.6. The van der Waals surface area contributed by atoms with Crippen LogP contribution in [0, 0.1) is 0 Å². The highest BCUT2D eigenvalue weighted by atomic mass is 31.2. The van der Waals surface area contributed by atoms with Gasteiger partial charge in [0.2, 0.25) is 5.95 Å². The van der Waals surface area contributed by atoms with E-state index in [1.807, 2.05) is 0 Å². The highest BCUT2D eigenvalue weighted by Gasteiger charge is 2.34. The SMILES string of the molecule is CC(C)OC(=O)[C@H](C)N[P@@](=O)(CO[C@H](Cc1cnn2c(N)ncnc12)C(F)F)Oc1ccccc1. The number of nitrogen functional groups attached to an aromatic ring is 1. The second-order valence-electron chi connectivity index (χ2n) is 7.92. The van der Waals surface area contributed by atoms with Gasteiger partial charge >= 0.3 is 13.5 Å². The number of aromatic nitrogens is 4. The van der Waals surface area contributed by atoms with Crippen molar-refractivity contribution in [1.29, 1.82) is 0 Å². The summed E-state index contributed by atoms with van der Waals surface area (Å²) < 4.78 is 58.7. The smallest absolute Gasteiger partial charge is 0.342 e. The molecule has 11 nitrogen and oxygen atoms in total. The van der Waals surface area contributed by atoms with Crippen molar-refractivity contribution in [2.24, 2.45) is 0 Å². The maximum absolute atomic E-state index is 13.9. The molecule has 3 aromatic rings. The van der Waals surface area contributed by atoms with E-state index in [0.29, 0.717) is 5.56 Å². The van der Waals surface area contributed by atoms with Crippen molar-refractivity contribution in [3.05, 3.63) is 48.4 Å². The number of esters is 1. The lowest BCUT2D eigenvalue weighted by atomic mass is 10.1. The van der Waals surface area contributed by atoms with E-state index < -0.39 is 44.5 Å². The van der Waals surface area contributed by atoms with Gasteiger partial charge in [-0.05, 0) is 32.9 Å². The number of hydrogen-bond acceptors (Lipinski definition) is 9. The zero-order valence-electron chi connectivity index (χ0n) is 19.4. The van der Waals surface area contributed by atoms with Gasteiger partial charge in [-0.3, -0.25) is 9.36 Å². The van der Waals surface area contributed by atoms with E-state index in [0.717, 1.165) is 0 Å². The maximum atomic E-state index is 13.9. The Balaban J connectivity index is 1.78. The Morgan fingerprint density at radius 3 is 2.57 bits per heavy atom. The summed E-state index contributed by atoms with van der Waals surface area (Å²) in [6.45, 7) is 4.76. The third kappa shape index (κ3) is 7.17. The van der Waals surface area contributed by atoms with E-state index in [1.165, 1.54) is 24.0 Å². The lowest BCUT2D eigenvalue weighted by molar-refractivity contribution is -0.149. The van der Waals surface area contributed by atoms with Crippen LogP contribution >= 0.6 is 7.52 Å². The predicted molar refractivity (Wildman–Crippen MR) is 123 cm³/mol. The van der Waals surface area contributed by atoms with Gasteiger partial charge in [0.15, 0.2) is 5.65 Å². The molecule has 2 heterocycles. The molecule has 0 aliphatic heterocycles. The van der Waals surface area contributed by atoms with Crippen LogP contribution in [0.4, 0.5) is 14.7 Å². The Kier molecular flexibility index (Phi) is 8.71. The summed E-state index contributed by atoms with van der Waals surface area (Å²) in [6, 6.07) is 7.05. The fraction of sp³-hybridized carbons (Fsp3) is 0.429. The van der Waals surface area contributed by atoms with Crippen LogP contribution in [0.3, 0.4) is 0 Å². The minimum Gasteiger partial charge on any atom is -0.462 e. The molecule has 1 aromatic carbocycles. The fourth-order valence-electron chi connectivity index (χ4n) is 3.08. The number of benzene rings is 1. The zero-order valence-corrected chi connectivity index (χ0v) is 20.3. The average molecular weight is 512 g/mol. The number of anilines is 1. The third-order valence-electron chi connectivity index (χ3n) is 4.66. The molecule has 2 aromatic heterocycles. The topological polar surface area (TPSA) is 143 Å². The summed E-state index contributed by atoms with van der Waals surface area (Å²) in [5.74, 6) is -0.423. The number of hydrogen-bond donors (Lipinski definition) is 2. The van der Waals surface area contributed by atoms with Gasteiger partial charge in [0.25, 0.3) is 6.43 Å². The number of carbonyl (C=O) groups is 1. The summed E-state index contributed by atoms with van der Waals surface area (Å²) in [5, 5.41) is 6.57. The van der Waals surface area contributed by atoms with Crippen LogP contribution in [0.2, 0.25) is 0 Å². The number of alkyl halides is 2. The number of para-hydroxylation sites is 1. The van der Waals surface area contributed by atoms with Gasteiger partial charge < -0.3 is 19.7 Å². The van der Waals surface area contributed by atoms with Gasteiger partial charge in [-0.25, -0.2) is 23.8 Å². The van der Waals surface area contributed by atoms with Crippen molar-refractivity contribution >= 4 is 25.1 Å².